The number of methoxy groups -OCH3 is 1. The topological polar surface area (TPSA) is 75.0 Å². The van der Waals surface area contributed by atoms with Crippen molar-refractivity contribution >= 4 is 55.7 Å². The summed E-state index contributed by atoms with van der Waals surface area (Å²) in [6.07, 6.45) is 0. The van der Waals surface area contributed by atoms with Crippen LogP contribution >= 0.6 is 23.1 Å². The molecule has 33 heavy (non-hydrogen) atoms. The summed E-state index contributed by atoms with van der Waals surface area (Å²) < 4.78 is 5.29. The lowest BCUT2D eigenvalue weighted by Crippen LogP contribution is -2.32. The summed E-state index contributed by atoms with van der Waals surface area (Å²) in [4.78, 5) is 4.81. The molecule has 0 saturated heterocycles. The first-order valence-corrected chi connectivity index (χ1v) is 12.1. The molecular formula is C24H22N6OS2. The molecule has 1 aliphatic rings. The molecular weight excluding hydrogens is 452 g/mol. The summed E-state index contributed by atoms with van der Waals surface area (Å²) in [5, 5.41) is 23.2. The van der Waals surface area contributed by atoms with Crippen LogP contribution in [0.2, 0.25) is 0 Å². The summed E-state index contributed by atoms with van der Waals surface area (Å²) >= 11 is 3.14. The van der Waals surface area contributed by atoms with E-state index in [0.29, 0.717) is 11.1 Å². The summed E-state index contributed by atoms with van der Waals surface area (Å²) in [5.41, 5.74) is 2.05. The molecule has 0 saturated carbocycles. The number of hydrogen-bond donors (Lipinski definition) is 1. The van der Waals surface area contributed by atoms with E-state index in [1.54, 1.807) is 18.9 Å². The highest BCUT2D eigenvalue weighted by Gasteiger charge is 2.32. The number of ether oxygens (including phenoxy) is 1. The number of nitrogens with zero attached hydrogens (tertiary/aromatic N) is 5. The van der Waals surface area contributed by atoms with Gasteiger partial charge in [0.15, 0.2) is 0 Å². The Balaban J connectivity index is 1.57. The lowest BCUT2D eigenvalue weighted by molar-refractivity contribution is 0.415. The molecule has 0 fully saturated rings. The van der Waals surface area contributed by atoms with Crippen LogP contribution in [-0.2, 0) is 0 Å². The summed E-state index contributed by atoms with van der Waals surface area (Å²) in [5.74, 6) is 1.37. The molecule has 7 nitrogen and oxygen atoms in total. The minimum Gasteiger partial charge on any atom is -0.497 e. The van der Waals surface area contributed by atoms with Gasteiger partial charge in [0, 0.05) is 5.69 Å². The van der Waals surface area contributed by atoms with Gasteiger partial charge in [-0.3, -0.25) is 0 Å². The van der Waals surface area contributed by atoms with Gasteiger partial charge in [0.2, 0.25) is 11.1 Å². The number of benzene rings is 3. The molecule has 166 valence electrons. The first-order valence-electron chi connectivity index (χ1n) is 10.4. The number of nitrogens with one attached hydrogen (secondary N) is 1. The van der Waals surface area contributed by atoms with Gasteiger partial charge in [-0.1, -0.05) is 65.6 Å². The number of aryl methyl sites for hydroxylation is 1. The standard InChI is InChI=1S/C24H22N6OS2/c1-15-27-28-24(33-15)26-23(25-18-11-13-19(31-3)14-12-18)30-22(32-16(2)29-30)21-10-6-8-17-7-4-5-9-20(17)21/h4-14,22H,1-3H3,(H,25,26,28). The molecule has 0 spiro atoms. The number of hydrazone groups is 1. The molecule has 0 bridgehead atoms. The third kappa shape index (κ3) is 4.55. The number of hydrogen-bond acceptors (Lipinski definition) is 7. The second kappa shape index (κ2) is 9.21. The van der Waals surface area contributed by atoms with Gasteiger partial charge in [-0.2, -0.15) is 10.1 Å². The average Bonchev–Trinajstić information content (AvgIpc) is 3.43. The van der Waals surface area contributed by atoms with E-state index in [9.17, 15) is 0 Å². The quantitative estimate of drug-likeness (QED) is 0.281. The first kappa shape index (κ1) is 21.4. The van der Waals surface area contributed by atoms with Gasteiger partial charge in [0.05, 0.1) is 12.2 Å². The molecule has 1 unspecified atom stereocenters. The molecule has 5 rings (SSSR count). The van der Waals surface area contributed by atoms with Gasteiger partial charge in [0.25, 0.3) is 0 Å². The molecule has 1 N–H and O–H groups in total. The maximum absolute atomic E-state index is 5.29. The SMILES string of the molecule is COc1ccc(N/C(=N\c2nnc(C)s2)N2N=C(C)SC2c2cccc3ccccc23)cc1. The maximum Gasteiger partial charge on any atom is 0.234 e. The number of thioether (sulfide) groups is 1. The van der Waals surface area contributed by atoms with Gasteiger partial charge in [-0.05, 0) is 54.4 Å². The molecule has 1 aliphatic heterocycles. The zero-order valence-electron chi connectivity index (χ0n) is 18.4. The van der Waals surface area contributed by atoms with Crippen molar-refractivity contribution in [1.29, 1.82) is 0 Å². The normalized spacial score (nSPS) is 16.2. The number of fused-ring (bicyclic) bond motifs is 1. The van der Waals surface area contributed by atoms with Crippen molar-refractivity contribution in [2.24, 2.45) is 10.1 Å². The smallest absolute Gasteiger partial charge is 0.234 e. The van der Waals surface area contributed by atoms with Gasteiger partial charge in [-0.25, -0.2) is 5.01 Å². The Morgan fingerprint density at radius 1 is 1.00 bits per heavy atom. The molecule has 1 aromatic heterocycles. The van der Waals surface area contributed by atoms with E-state index < -0.39 is 0 Å². The second-order valence-corrected chi connectivity index (χ2v) is 9.83. The zero-order valence-corrected chi connectivity index (χ0v) is 20.0. The van der Waals surface area contributed by atoms with Crippen LogP contribution in [-0.4, -0.2) is 33.3 Å². The fourth-order valence-corrected chi connectivity index (χ4v) is 5.22. The predicted octanol–water partition coefficient (Wildman–Crippen LogP) is 6.19. The Morgan fingerprint density at radius 3 is 2.55 bits per heavy atom. The van der Waals surface area contributed by atoms with E-state index in [1.807, 2.05) is 43.1 Å². The minimum atomic E-state index is -0.0744. The van der Waals surface area contributed by atoms with Crippen LogP contribution < -0.4 is 10.1 Å². The Morgan fingerprint density at radius 2 is 1.79 bits per heavy atom. The highest BCUT2D eigenvalue weighted by Crippen LogP contribution is 2.42. The Kier molecular flexibility index (Phi) is 5.97. The Hall–Kier alpha value is -3.43. The van der Waals surface area contributed by atoms with E-state index in [4.69, 9.17) is 14.8 Å². The number of rotatable bonds is 4. The van der Waals surface area contributed by atoms with Crippen LogP contribution in [0.4, 0.5) is 10.8 Å². The molecule has 0 aliphatic carbocycles. The van der Waals surface area contributed by atoms with Crippen molar-refractivity contribution in [3.63, 3.8) is 0 Å². The largest absolute Gasteiger partial charge is 0.497 e. The number of aromatic nitrogens is 2. The van der Waals surface area contributed by atoms with Crippen LogP contribution in [0.15, 0.2) is 76.8 Å². The predicted molar refractivity (Wildman–Crippen MR) is 138 cm³/mol. The van der Waals surface area contributed by atoms with Crippen molar-refractivity contribution in [2.45, 2.75) is 19.2 Å². The minimum absolute atomic E-state index is 0.0744. The average molecular weight is 475 g/mol. The number of aliphatic imine (C=N–C) groups is 1. The van der Waals surface area contributed by atoms with Crippen molar-refractivity contribution < 1.29 is 4.74 Å². The fourth-order valence-electron chi connectivity index (χ4n) is 3.62. The summed E-state index contributed by atoms with van der Waals surface area (Å²) in [6.45, 7) is 3.93. The molecule has 0 amide bonds. The molecule has 1 atom stereocenters. The van der Waals surface area contributed by atoms with Gasteiger partial charge >= 0.3 is 0 Å². The fraction of sp³-hybridized carbons (Fsp3) is 0.167. The van der Waals surface area contributed by atoms with Gasteiger partial charge < -0.3 is 10.1 Å². The van der Waals surface area contributed by atoms with Crippen LogP contribution in [0.3, 0.4) is 0 Å². The Labute approximate surface area is 200 Å². The highest BCUT2D eigenvalue weighted by molar-refractivity contribution is 8.14. The van der Waals surface area contributed by atoms with Gasteiger partial charge in [0.1, 0.15) is 16.1 Å². The van der Waals surface area contributed by atoms with Crippen LogP contribution in [0, 0.1) is 6.92 Å². The molecule has 3 aromatic carbocycles. The molecule has 9 heteroatoms. The number of guanidine groups is 1. The van der Waals surface area contributed by atoms with Crippen molar-refractivity contribution in [3.05, 3.63) is 77.3 Å². The molecule has 0 radical (unpaired) electrons. The van der Waals surface area contributed by atoms with Crippen molar-refractivity contribution in [1.82, 2.24) is 15.2 Å². The second-order valence-electron chi connectivity index (χ2n) is 7.39. The third-order valence-corrected chi connectivity index (χ3v) is 6.95. The van der Waals surface area contributed by atoms with E-state index in [2.05, 4.69) is 58.0 Å². The highest BCUT2D eigenvalue weighted by atomic mass is 32.2. The Bertz CT molecular complexity index is 1340. The van der Waals surface area contributed by atoms with Gasteiger partial charge in [-0.15, -0.1) is 10.2 Å². The molecule has 2 heterocycles. The van der Waals surface area contributed by atoms with Crippen molar-refractivity contribution in [3.8, 4) is 5.75 Å². The molecule has 4 aromatic rings. The summed E-state index contributed by atoms with van der Waals surface area (Å²) in [7, 11) is 1.65. The van der Waals surface area contributed by atoms with E-state index in [0.717, 1.165) is 21.5 Å². The van der Waals surface area contributed by atoms with E-state index in [-0.39, 0.29) is 5.37 Å². The van der Waals surface area contributed by atoms with E-state index >= 15 is 0 Å². The van der Waals surface area contributed by atoms with Crippen LogP contribution in [0.5, 0.6) is 5.75 Å². The lowest BCUT2D eigenvalue weighted by Gasteiger charge is -2.25. The number of anilines is 1. The zero-order chi connectivity index (χ0) is 22.8. The lowest BCUT2D eigenvalue weighted by atomic mass is 10.0. The van der Waals surface area contributed by atoms with Crippen LogP contribution in [0.1, 0.15) is 22.9 Å². The first-order chi connectivity index (χ1) is 16.1. The maximum atomic E-state index is 5.29. The van der Waals surface area contributed by atoms with E-state index in [1.165, 1.54) is 27.7 Å². The van der Waals surface area contributed by atoms with Crippen molar-refractivity contribution in [2.75, 3.05) is 12.4 Å². The monoisotopic (exact) mass is 474 g/mol. The van der Waals surface area contributed by atoms with Crippen LogP contribution in [0.25, 0.3) is 10.8 Å². The summed E-state index contributed by atoms with van der Waals surface area (Å²) in [6, 6.07) is 22.5. The third-order valence-electron chi connectivity index (χ3n) is 5.12.